The molecule has 0 fully saturated rings. The van der Waals surface area contributed by atoms with Gasteiger partial charge in [0.05, 0.1) is 13.0 Å². The Hall–Kier alpha value is -2.87. The van der Waals surface area contributed by atoms with E-state index < -0.39 is 0 Å². The van der Waals surface area contributed by atoms with Crippen LogP contribution in [0.25, 0.3) is 0 Å². The molecule has 0 radical (unpaired) electrons. The molecule has 0 saturated carbocycles. The van der Waals surface area contributed by atoms with Crippen molar-refractivity contribution in [2.24, 2.45) is 0 Å². The molecule has 1 aromatic carbocycles. The highest BCUT2D eigenvalue weighted by Crippen LogP contribution is 2.23. The van der Waals surface area contributed by atoms with Crippen molar-refractivity contribution < 1.29 is 14.4 Å². The molecule has 3 rings (SSSR count). The quantitative estimate of drug-likeness (QED) is 0.737. The predicted molar refractivity (Wildman–Crippen MR) is 109 cm³/mol. The second-order valence-electron chi connectivity index (χ2n) is 6.88. The molecule has 0 aliphatic carbocycles. The second kappa shape index (κ2) is 9.09. The molecule has 0 saturated heterocycles. The summed E-state index contributed by atoms with van der Waals surface area (Å²) < 4.78 is 1.76. The molecule has 1 aliphatic rings. The van der Waals surface area contributed by atoms with E-state index in [1.54, 1.807) is 22.7 Å². The van der Waals surface area contributed by atoms with Crippen LogP contribution in [0.4, 0.5) is 0 Å². The molecule has 9 heteroatoms. The van der Waals surface area contributed by atoms with Crippen LogP contribution >= 0.6 is 11.6 Å². The summed E-state index contributed by atoms with van der Waals surface area (Å²) in [5.41, 5.74) is 2.81. The van der Waals surface area contributed by atoms with Gasteiger partial charge in [-0.25, -0.2) is 0 Å². The maximum atomic E-state index is 12.2. The Morgan fingerprint density at radius 1 is 1.24 bits per heavy atom. The molecule has 1 aromatic heterocycles. The Morgan fingerprint density at radius 3 is 2.69 bits per heavy atom. The number of nitrogens with zero attached hydrogens (tertiary/aromatic N) is 3. The van der Waals surface area contributed by atoms with E-state index in [4.69, 9.17) is 11.6 Å². The molecule has 2 heterocycles. The molecule has 29 heavy (non-hydrogen) atoms. The molecule has 0 atom stereocenters. The lowest BCUT2D eigenvalue weighted by Crippen LogP contribution is -2.36. The number of benzene rings is 1. The minimum Gasteiger partial charge on any atom is -0.354 e. The molecule has 1 aliphatic heterocycles. The molecule has 3 amide bonds. The normalized spacial score (nSPS) is 13.0. The Balaban J connectivity index is 1.67. The topological polar surface area (TPSA) is 96.3 Å². The molecule has 0 bridgehead atoms. The monoisotopic (exact) mass is 417 g/mol. The van der Waals surface area contributed by atoms with Gasteiger partial charge in [-0.2, -0.15) is 5.10 Å². The maximum absolute atomic E-state index is 12.2. The number of hydrogen-bond acceptors (Lipinski definition) is 4. The van der Waals surface area contributed by atoms with Gasteiger partial charge in [0, 0.05) is 56.3 Å². The lowest BCUT2D eigenvalue weighted by atomic mass is 10.0. The first-order valence-corrected chi connectivity index (χ1v) is 9.84. The van der Waals surface area contributed by atoms with Gasteiger partial charge >= 0.3 is 0 Å². The highest BCUT2D eigenvalue weighted by Gasteiger charge is 2.28. The van der Waals surface area contributed by atoms with Gasteiger partial charge in [0.25, 0.3) is 5.91 Å². The number of hydrogen-bond donors (Lipinski definition) is 2. The Labute approximate surface area is 174 Å². The standard InChI is InChI=1S/C20H24ClN5O3/c1-13(27)25-9-7-17-15(12-25)19(20(29)22-2)24-26(17)10-8-23-18(28)11-14-5-3-4-6-16(14)21/h3-6H,7-12H2,1-2H3,(H,22,29)(H,23,28). The van der Waals surface area contributed by atoms with E-state index in [1.807, 2.05) is 18.2 Å². The summed E-state index contributed by atoms with van der Waals surface area (Å²) in [7, 11) is 1.55. The number of aromatic nitrogens is 2. The predicted octanol–water partition coefficient (Wildman–Crippen LogP) is 1.16. The number of halogens is 1. The zero-order valence-electron chi connectivity index (χ0n) is 16.5. The van der Waals surface area contributed by atoms with Gasteiger partial charge in [0.1, 0.15) is 0 Å². The van der Waals surface area contributed by atoms with Crippen LogP contribution in [0.1, 0.15) is 34.2 Å². The van der Waals surface area contributed by atoms with Gasteiger partial charge in [0.15, 0.2) is 5.69 Å². The van der Waals surface area contributed by atoms with Crippen LogP contribution < -0.4 is 10.6 Å². The van der Waals surface area contributed by atoms with Gasteiger partial charge in [-0.3, -0.25) is 19.1 Å². The first kappa shape index (κ1) is 20.9. The van der Waals surface area contributed by atoms with Crippen LogP contribution in [0.15, 0.2) is 24.3 Å². The van der Waals surface area contributed by atoms with Crippen molar-refractivity contribution in [1.29, 1.82) is 0 Å². The van der Waals surface area contributed by atoms with Crippen LogP contribution in [0.5, 0.6) is 0 Å². The first-order valence-electron chi connectivity index (χ1n) is 9.47. The molecule has 8 nitrogen and oxygen atoms in total. The number of nitrogens with one attached hydrogen (secondary N) is 2. The Kier molecular flexibility index (Phi) is 6.53. The summed E-state index contributed by atoms with van der Waals surface area (Å²) in [6.07, 6.45) is 0.820. The summed E-state index contributed by atoms with van der Waals surface area (Å²) in [5.74, 6) is -0.445. The molecular weight excluding hydrogens is 394 g/mol. The smallest absolute Gasteiger partial charge is 0.271 e. The van der Waals surface area contributed by atoms with Crippen molar-refractivity contribution in [3.63, 3.8) is 0 Å². The van der Waals surface area contributed by atoms with Crippen LogP contribution in [-0.4, -0.2) is 52.5 Å². The fraction of sp³-hybridized carbons (Fsp3) is 0.400. The van der Waals surface area contributed by atoms with E-state index in [0.717, 1.165) is 16.8 Å². The second-order valence-corrected chi connectivity index (χ2v) is 7.29. The lowest BCUT2D eigenvalue weighted by molar-refractivity contribution is -0.129. The zero-order chi connectivity index (χ0) is 21.0. The molecule has 2 aromatic rings. The van der Waals surface area contributed by atoms with E-state index in [9.17, 15) is 14.4 Å². The zero-order valence-corrected chi connectivity index (χ0v) is 17.3. The van der Waals surface area contributed by atoms with Crippen molar-refractivity contribution in [3.05, 3.63) is 51.8 Å². The van der Waals surface area contributed by atoms with Crippen LogP contribution in [-0.2, 0) is 35.5 Å². The Bertz CT molecular complexity index is 940. The third-order valence-corrected chi connectivity index (χ3v) is 5.34. The van der Waals surface area contributed by atoms with Crippen molar-refractivity contribution in [2.45, 2.75) is 32.9 Å². The number of fused-ring (bicyclic) bond motifs is 1. The van der Waals surface area contributed by atoms with Crippen LogP contribution in [0.2, 0.25) is 5.02 Å². The number of carbonyl (C=O) groups excluding carboxylic acids is 3. The number of carbonyl (C=O) groups is 3. The van der Waals surface area contributed by atoms with Gasteiger partial charge in [-0.05, 0) is 11.6 Å². The average molecular weight is 418 g/mol. The highest BCUT2D eigenvalue weighted by atomic mass is 35.5. The SMILES string of the molecule is CNC(=O)c1nn(CCNC(=O)Cc2ccccc2Cl)c2c1CN(C(C)=O)CC2. The first-order chi connectivity index (χ1) is 13.9. The summed E-state index contributed by atoms with van der Waals surface area (Å²) in [5, 5.41) is 10.5. The van der Waals surface area contributed by atoms with Crippen molar-refractivity contribution in [3.8, 4) is 0 Å². The van der Waals surface area contributed by atoms with E-state index >= 15 is 0 Å². The summed E-state index contributed by atoms with van der Waals surface area (Å²) in [4.78, 5) is 37.9. The van der Waals surface area contributed by atoms with Gasteiger partial charge in [-0.15, -0.1) is 0 Å². The van der Waals surface area contributed by atoms with E-state index in [0.29, 0.717) is 43.3 Å². The minimum atomic E-state index is -0.284. The molecule has 154 valence electrons. The van der Waals surface area contributed by atoms with E-state index in [-0.39, 0.29) is 24.1 Å². The molecular formula is C20H24ClN5O3. The number of amides is 3. The van der Waals surface area contributed by atoms with Crippen LogP contribution in [0, 0.1) is 0 Å². The van der Waals surface area contributed by atoms with Crippen molar-refractivity contribution in [2.75, 3.05) is 20.1 Å². The van der Waals surface area contributed by atoms with Gasteiger partial charge in [-0.1, -0.05) is 29.8 Å². The van der Waals surface area contributed by atoms with Gasteiger partial charge in [0.2, 0.25) is 11.8 Å². The van der Waals surface area contributed by atoms with Crippen molar-refractivity contribution in [1.82, 2.24) is 25.3 Å². The summed E-state index contributed by atoms with van der Waals surface area (Å²) in [6.45, 7) is 3.28. The number of rotatable bonds is 6. The average Bonchev–Trinajstić information content (AvgIpc) is 3.07. The molecule has 0 spiro atoms. The fourth-order valence-electron chi connectivity index (χ4n) is 3.42. The third kappa shape index (κ3) is 4.76. The summed E-state index contributed by atoms with van der Waals surface area (Å²) >= 11 is 6.10. The van der Waals surface area contributed by atoms with Gasteiger partial charge < -0.3 is 15.5 Å². The third-order valence-electron chi connectivity index (χ3n) is 4.98. The van der Waals surface area contributed by atoms with Crippen molar-refractivity contribution >= 4 is 29.3 Å². The molecule has 2 N–H and O–H groups in total. The lowest BCUT2D eigenvalue weighted by Gasteiger charge is -2.26. The largest absolute Gasteiger partial charge is 0.354 e. The van der Waals surface area contributed by atoms with E-state index in [2.05, 4.69) is 15.7 Å². The fourth-order valence-corrected chi connectivity index (χ4v) is 3.63. The molecule has 0 unspecified atom stereocenters. The van der Waals surface area contributed by atoms with E-state index in [1.165, 1.54) is 6.92 Å². The van der Waals surface area contributed by atoms with Crippen LogP contribution in [0.3, 0.4) is 0 Å². The Morgan fingerprint density at radius 2 is 2.00 bits per heavy atom. The maximum Gasteiger partial charge on any atom is 0.271 e. The minimum absolute atomic E-state index is 0.0295. The highest BCUT2D eigenvalue weighted by molar-refractivity contribution is 6.31. The summed E-state index contributed by atoms with van der Waals surface area (Å²) in [6, 6.07) is 7.24.